The van der Waals surface area contributed by atoms with Gasteiger partial charge in [0.15, 0.2) is 5.13 Å². The van der Waals surface area contributed by atoms with Gasteiger partial charge in [0.2, 0.25) is 15.9 Å². The highest BCUT2D eigenvalue weighted by molar-refractivity contribution is 7.89. The fourth-order valence-corrected chi connectivity index (χ4v) is 6.39. The molecule has 2 N–H and O–H groups in total. The summed E-state index contributed by atoms with van der Waals surface area (Å²) in [6.07, 6.45) is 2.20. The molecule has 0 spiro atoms. The van der Waals surface area contributed by atoms with Gasteiger partial charge in [-0.2, -0.15) is 0 Å². The maximum atomic E-state index is 13.3. The fraction of sp³-hybridized carbons (Fsp3) is 0.476. The summed E-state index contributed by atoms with van der Waals surface area (Å²) in [7, 11) is -3.86. The maximum absolute atomic E-state index is 13.3. The van der Waals surface area contributed by atoms with Crippen molar-refractivity contribution in [2.45, 2.75) is 58.0 Å². The molecule has 2 aliphatic rings. The second kappa shape index (κ2) is 7.99. The standard InChI is InChI=1S/C21H26N4O4S2/c1-5-22-31(28,29)17-9-15(19-11(2)23-21(30-19)24-13(4)26)8-16-10-25(20(27)18(16)17)12(3)14-6-7-14/h8-9,12,14,22H,5-7,10H2,1-4H3,(H,23,24,26)/t12-/m0/s1. The minimum absolute atomic E-state index is 0.00576. The highest BCUT2D eigenvalue weighted by Gasteiger charge is 2.41. The van der Waals surface area contributed by atoms with Gasteiger partial charge >= 0.3 is 0 Å². The van der Waals surface area contributed by atoms with E-state index in [1.54, 1.807) is 17.9 Å². The van der Waals surface area contributed by atoms with E-state index in [1.807, 2.05) is 19.9 Å². The number of benzene rings is 1. The third kappa shape index (κ3) is 4.11. The highest BCUT2D eigenvalue weighted by Crippen LogP contribution is 2.42. The molecule has 0 unspecified atom stereocenters. The van der Waals surface area contributed by atoms with Crippen LogP contribution in [-0.4, -0.2) is 42.7 Å². The summed E-state index contributed by atoms with van der Waals surface area (Å²) < 4.78 is 28.6. The molecule has 1 saturated carbocycles. The van der Waals surface area contributed by atoms with Crippen LogP contribution in [0.15, 0.2) is 17.0 Å². The van der Waals surface area contributed by atoms with Crippen LogP contribution in [0.3, 0.4) is 0 Å². The lowest BCUT2D eigenvalue weighted by atomic mass is 10.0. The van der Waals surface area contributed by atoms with Gasteiger partial charge in [0.05, 0.1) is 21.0 Å². The molecular weight excluding hydrogens is 436 g/mol. The van der Waals surface area contributed by atoms with Crippen molar-refractivity contribution < 1.29 is 18.0 Å². The molecule has 0 bridgehead atoms. The molecule has 2 aromatic rings. The Labute approximate surface area is 186 Å². The molecule has 1 aromatic carbocycles. The van der Waals surface area contributed by atoms with Crippen molar-refractivity contribution in [1.29, 1.82) is 0 Å². The third-order valence-electron chi connectivity index (χ3n) is 5.76. The van der Waals surface area contributed by atoms with Crippen LogP contribution >= 0.6 is 11.3 Å². The molecule has 1 fully saturated rings. The van der Waals surface area contributed by atoms with Gasteiger partial charge in [0, 0.05) is 26.1 Å². The molecule has 2 amide bonds. The number of carbonyl (C=O) groups excluding carboxylic acids is 2. The zero-order valence-electron chi connectivity index (χ0n) is 18.0. The molecule has 166 valence electrons. The summed E-state index contributed by atoms with van der Waals surface area (Å²) in [4.78, 5) is 31.6. The maximum Gasteiger partial charge on any atom is 0.256 e. The summed E-state index contributed by atoms with van der Waals surface area (Å²) in [6.45, 7) is 7.59. The summed E-state index contributed by atoms with van der Waals surface area (Å²) in [6, 6.07) is 3.52. The quantitative estimate of drug-likeness (QED) is 0.657. The van der Waals surface area contributed by atoms with Gasteiger partial charge in [-0.15, -0.1) is 0 Å². The topological polar surface area (TPSA) is 108 Å². The monoisotopic (exact) mass is 462 g/mol. The van der Waals surface area contributed by atoms with Crippen molar-refractivity contribution in [3.63, 3.8) is 0 Å². The van der Waals surface area contributed by atoms with E-state index in [2.05, 4.69) is 15.0 Å². The molecule has 4 rings (SSSR count). The van der Waals surface area contributed by atoms with Crippen LogP contribution in [0.25, 0.3) is 10.4 Å². The van der Waals surface area contributed by atoms with Gasteiger partial charge in [0.25, 0.3) is 5.91 Å². The van der Waals surface area contributed by atoms with E-state index >= 15 is 0 Å². The molecule has 10 heteroatoms. The minimum Gasteiger partial charge on any atom is -0.331 e. The number of fused-ring (bicyclic) bond motifs is 1. The number of rotatable bonds is 7. The number of anilines is 1. The Hall–Kier alpha value is -2.30. The largest absolute Gasteiger partial charge is 0.331 e. The van der Waals surface area contributed by atoms with Crippen LogP contribution in [0, 0.1) is 12.8 Å². The summed E-state index contributed by atoms with van der Waals surface area (Å²) in [5, 5.41) is 3.13. The van der Waals surface area contributed by atoms with Crippen molar-refractivity contribution in [1.82, 2.24) is 14.6 Å². The number of thiazole rings is 1. The predicted octanol–water partition coefficient (Wildman–Crippen LogP) is 3.13. The molecule has 1 aliphatic carbocycles. The number of carbonyl (C=O) groups is 2. The van der Waals surface area contributed by atoms with Gasteiger partial charge in [-0.05, 0) is 55.9 Å². The number of nitrogens with zero attached hydrogens (tertiary/aromatic N) is 2. The average Bonchev–Trinajstić information content (AvgIpc) is 3.40. The van der Waals surface area contributed by atoms with Crippen LogP contribution in [0.4, 0.5) is 5.13 Å². The van der Waals surface area contributed by atoms with E-state index in [9.17, 15) is 18.0 Å². The first-order chi connectivity index (χ1) is 14.6. The van der Waals surface area contributed by atoms with E-state index in [0.29, 0.717) is 34.4 Å². The van der Waals surface area contributed by atoms with Crippen LogP contribution in [0.5, 0.6) is 0 Å². The Kier molecular flexibility index (Phi) is 5.65. The number of amides is 2. The predicted molar refractivity (Wildman–Crippen MR) is 120 cm³/mol. The molecule has 0 radical (unpaired) electrons. The van der Waals surface area contributed by atoms with Crippen LogP contribution in [0.2, 0.25) is 0 Å². The summed E-state index contributed by atoms with van der Waals surface area (Å²) >= 11 is 1.29. The first-order valence-electron chi connectivity index (χ1n) is 10.3. The number of hydrogen-bond acceptors (Lipinski definition) is 6. The minimum atomic E-state index is -3.86. The van der Waals surface area contributed by atoms with E-state index in [-0.39, 0.29) is 34.9 Å². The molecule has 0 saturated heterocycles. The lowest BCUT2D eigenvalue weighted by Crippen LogP contribution is -2.35. The second-order valence-electron chi connectivity index (χ2n) is 8.14. The zero-order valence-corrected chi connectivity index (χ0v) is 19.6. The first kappa shape index (κ1) is 21.9. The Morgan fingerprint density at radius 1 is 1.35 bits per heavy atom. The van der Waals surface area contributed by atoms with Gasteiger partial charge in [-0.3, -0.25) is 9.59 Å². The average molecular weight is 463 g/mol. The third-order valence-corrected chi connectivity index (χ3v) is 8.45. The Morgan fingerprint density at radius 3 is 2.68 bits per heavy atom. The SMILES string of the molecule is CCNS(=O)(=O)c1cc(-c2sc(NC(C)=O)nc2C)cc2c1C(=O)N([C@@H](C)C1CC1)C2. The smallest absolute Gasteiger partial charge is 0.256 e. The van der Waals surface area contributed by atoms with E-state index in [4.69, 9.17) is 0 Å². The van der Waals surface area contributed by atoms with E-state index in [0.717, 1.165) is 17.7 Å². The van der Waals surface area contributed by atoms with Gasteiger partial charge < -0.3 is 10.2 Å². The van der Waals surface area contributed by atoms with Crippen LogP contribution < -0.4 is 10.0 Å². The molecule has 2 heterocycles. The number of nitrogens with one attached hydrogen (secondary N) is 2. The van der Waals surface area contributed by atoms with E-state index in [1.165, 1.54) is 18.3 Å². The van der Waals surface area contributed by atoms with Crippen LogP contribution in [-0.2, 0) is 21.4 Å². The van der Waals surface area contributed by atoms with Crippen molar-refractivity contribution in [2.75, 3.05) is 11.9 Å². The lowest BCUT2D eigenvalue weighted by molar-refractivity contribution is -0.114. The molecule has 31 heavy (non-hydrogen) atoms. The Morgan fingerprint density at radius 2 is 2.06 bits per heavy atom. The van der Waals surface area contributed by atoms with Gasteiger partial charge in [0.1, 0.15) is 0 Å². The van der Waals surface area contributed by atoms with Crippen molar-refractivity contribution >= 4 is 38.3 Å². The second-order valence-corrected chi connectivity index (χ2v) is 10.9. The van der Waals surface area contributed by atoms with Crippen molar-refractivity contribution in [3.8, 4) is 10.4 Å². The summed E-state index contributed by atoms with van der Waals surface area (Å²) in [5.74, 6) is 0.0351. The molecule has 8 nitrogen and oxygen atoms in total. The van der Waals surface area contributed by atoms with E-state index < -0.39 is 10.0 Å². The highest BCUT2D eigenvalue weighted by atomic mass is 32.2. The Balaban J connectivity index is 1.84. The number of aryl methyl sites for hydroxylation is 1. The zero-order chi connectivity index (χ0) is 22.5. The lowest BCUT2D eigenvalue weighted by Gasteiger charge is -2.24. The summed E-state index contributed by atoms with van der Waals surface area (Å²) in [5.41, 5.74) is 2.34. The number of hydrogen-bond donors (Lipinski definition) is 2. The normalized spacial score (nSPS) is 17.0. The number of aromatic nitrogens is 1. The van der Waals surface area contributed by atoms with Gasteiger partial charge in [-0.1, -0.05) is 18.3 Å². The van der Waals surface area contributed by atoms with Crippen molar-refractivity contribution in [3.05, 3.63) is 29.0 Å². The molecule has 1 atom stereocenters. The van der Waals surface area contributed by atoms with Crippen LogP contribution in [0.1, 0.15) is 55.2 Å². The molecular formula is C21H26N4O4S2. The van der Waals surface area contributed by atoms with Crippen molar-refractivity contribution in [2.24, 2.45) is 5.92 Å². The fourth-order valence-electron chi connectivity index (χ4n) is 4.08. The van der Waals surface area contributed by atoms with Gasteiger partial charge in [-0.25, -0.2) is 18.1 Å². The molecule has 1 aromatic heterocycles. The number of sulfonamides is 1. The first-order valence-corrected chi connectivity index (χ1v) is 12.6. The molecule has 1 aliphatic heterocycles. The Bertz CT molecular complexity index is 1170.